The molecule has 1 saturated heterocycles. The number of rotatable bonds is 5. The van der Waals surface area contributed by atoms with E-state index in [4.69, 9.17) is 0 Å². The highest BCUT2D eigenvalue weighted by Gasteiger charge is 2.42. The lowest BCUT2D eigenvalue weighted by Crippen LogP contribution is -2.50. The predicted octanol–water partition coefficient (Wildman–Crippen LogP) is 3.04. The van der Waals surface area contributed by atoms with Crippen molar-refractivity contribution in [3.8, 4) is 0 Å². The van der Waals surface area contributed by atoms with Crippen LogP contribution in [-0.2, 0) is 0 Å². The van der Waals surface area contributed by atoms with Crippen molar-refractivity contribution in [2.45, 2.75) is 57.8 Å². The molecule has 0 amide bonds. The van der Waals surface area contributed by atoms with Crippen LogP contribution in [0, 0.1) is 11.8 Å². The molecule has 0 aromatic rings. The summed E-state index contributed by atoms with van der Waals surface area (Å²) in [4.78, 5) is 2.25. The van der Waals surface area contributed by atoms with Crippen molar-refractivity contribution in [3.05, 3.63) is 0 Å². The van der Waals surface area contributed by atoms with Gasteiger partial charge in [0.15, 0.2) is 0 Å². The minimum Gasteiger partial charge on any atom is -0.312 e. The van der Waals surface area contributed by atoms with E-state index in [-0.39, 0.29) is 12.8 Å². The molecule has 2 rings (SSSR count). The average Bonchev–Trinajstić information content (AvgIpc) is 3.12. The Morgan fingerprint density at radius 2 is 1.68 bits per heavy atom. The highest BCUT2D eigenvalue weighted by atomic mass is 19.4. The maximum atomic E-state index is 12.7. The highest BCUT2D eigenvalue weighted by Crippen LogP contribution is 2.35. The number of piperidine rings is 1. The first-order valence-corrected chi connectivity index (χ1v) is 7.42. The van der Waals surface area contributed by atoms with Crippen LogP contribution in [0.15, 0.2) is 0 Å². The van der Waals surface area contributed by atoms with Gasteiger partial charge in [-0.25, -0.2) is 0 Å². The lowest BCUT2D eigenvalue weighted by Gasteiger charge is -2.40. The lowest BCUT2D eigenvalue weighted by atomic mass is 9.92. The van der Waals surface area contributed by atoms with Crippen molar-refractivity contribution >= 4 is 0 Å². The predicted molar refractivity (Wildman–Crippen MR) is 70.0 cm³/mol. The standard InChI is InChI=1S/C14H25F3N2/c1-10(2)13(9-18-12-3-4-12)19-7-5-11(6-8-19)14(15,16)17/h10-13,18H,3-9H2,1-2H3. The number of hydrogen-bond donors (Lipinski definition) is 1. The molecule has 19 heavy (non-hydrogen) atoms. The Labute approximate surface area is 113 Å². The van der Waals surface area contributed by atoms with E-state index in [1.54, 1.807) is 0 Å². The SMILES string of the molecule is CC(C)C(CNC1CC1)N1CCC(C(F)(F)F)CC1. The molecule has 5 heteroatoms. The third kappa shape index (κ3) is 4.35. The summed E-state index contributed by atoms with van der Waals surface area (Å²) in [5.74, 6) is -0.610. The molecule has 1 saturated carbocycles. The van der Waals surface area contributed by atoms with Crippen molar-refractivity contribution in [3.63, 3.8) is 0 Å². The molecule has 1 unspecified atom stereocenters. The summed E-state index contributed by atoms with van der Waals surface area (Å²) in [6, 6.07) is 1.03. The molecule has 1 atom stereocenters. The molecular formula is C14H25F3N2. The second-order valence-electron chi connectivity index (χ2n) is 6.35. The largest absolute Gasteiger partial charge is 0.391 e. The van der Waals surface area contributed by atoms with Gasteiger partial charge in [-0.2, -0.15) is 13.2 Å². The smallest absolute Gasteiger partial charge is 0.312 e. The molecule has 1 N–H and O–H groups in total. The zero-order chi connectivity index (χ0) is 14.0. The second kappa shape index (κ2) is 6.00. The van der Waals surface area contributed by atoms with E-state index in [1.165, 1.54) is 12.8 Å². The first-order valence-electron chi connectivity index (χ1n) is 7.42. The van der Waals surface area contributed by atoms with Crippen molar-refractivity contribution in [2.24, 2.45) is 11.8 Å². The van der Waals surface area contributed by atoms with Crippen LogP contribution >= 0.6 is 0 Å². The Balaban J connectivity index is 1.82. The highest BCUT2D eigenvalue weighted by molar-refractivity contribution is 4.87. The summed E-state index contributed by atoms with van der Waals surface area (Å²) >= 11 is 0. The Morgan fingerprint density at radius 3 is 2.11 bits per heavy atom. The molecule has 0 aromatic heterocycles. The Kier molecular flexibility index (Phi) is 4.77. The van der Waals surface area contributed by atoms with Crippen LogP contribution in [0.2, 0.25) is 0 Å². The Morgan fingerprint density at radius 1 is 1.11 bits per heavy atom. The molecule has 0 aromatic carbocycles. The van der Waals surface area contributed by atoms with Gasteiger partial charge < -0.3 is 5.32 Å². The van der Waals surface area contributed by atoms with Crippen molar-refractivity contribution in [2.75, 3.05) is 19.6 Å². The van der Waals surface area contributed by atoms with Gasteiger partial charge in [-0.15, -0.1) is 0 Å². The number of halogens is 3. The number of likely N-dealkylation sites (tertiary alicyclic amines) is 1. The molecular weight excluding hydrogens is 253 g/mol. The Bertz CT molecular complexity index is 279. The zero-order valence-corrected chi connectivity index (χ0v) is 11.8. The third-order valence-corrected chi connectivity index (χ3v) is 4.42. The number of nitrogens with zero attached hydrogens (tertiary/aromatic N) is 1. The fraction of sp³-hybridized carbons (Fsp3) is 1.00. The first kappa shape index (κ1) is 15.1. The van der Waals surface area contributed by atoms with E-state index in [0.717, 1.165) is 6.54 Å². The minimum absolute atomic E-state index is 0.260. The van der Waals surface area contributed by atoms with Crippen LogP contribution in [0.5, 0.6) is 0 Å². The van der Waals surface area contributed by atoms with Gasteiger partial charge in [0.05, 0.1) is 5.92 Å². The van der Waals surface area contributed by atoms with Crippen LogP contribution in [0.4, 0.5) is 13.2 Å². The molecule has 0 bridgehead atoms. The van der Waals surface area contributed by atoms with Crippen molar-refractivity contribution in [1.82, 2.24) is 10.2 Å². The fourth-order valence-corrected chi connectivity index (χ4v) is 2.92. The monoisotopic (exact) mass is 278 g/mol. The van der Waals surface area contributed by atoms with Gasteiger partial charge in [0.2, 0.25) is 0 Å². The molecule has 1 aliphatic carbocycles. The molecule has 1 aliphatic heterocycles. The molecule has 2 aliphatic rings. The van der Waals surface area contributed by atoms with Crippen LogP contribution < -0.4 is 5.32 Å². The summed E-state index contributed by atoms with van der Waals surface area (Å²) in [6.07, 6.45) is -0.986. The van der Waals surface area contributed by atoms with E-state index < -0.39 is 12.1 Å². The van der Waals surface area contributed by atoms with Gasteiger partial charge in [0.1, 0.15) is 0 Å². The molecule has 0 spiro atoms. The third-order valence-electron chi connectivity index (χ3n) is 4.42. The van der Waals surface area contributed by atoms with Gasteiger partial charge >= 0.3 is 6.18 Å². The minimum atomic E-state index is -4.01. The Hall–Kier alpha value is -0.290. The maximum absolute atomic E-state index is 12.7. The van der Waals surface area contributed by atoms with E-state index >= 15 is 0 Å². The van der Waals surface area contributed by atoms with Gasteiger partial charge in [0.25, 0.3) is 0 Å². The molecule has 2 nitrogen and oxygen atoms in total. The second-order valence-corrected chi connectivity index (χ2v) is 6.35. The van der Waals surface area contributed by atoms with Gasteiger partial charge in [-0.3, -0.25) is 4.90 Å². The van der Waals surface area contributed by atoms with Crippen LogP contribution in [0.25, 0.3) is 0 Å². The summed E-state index contributed by atoms with van der Waals surface area (Å²) in [5, 5.41) is 3.51. The molecule has 112 valence electrons. The van der Waals surface area contributed by atoms with Gasteiger partial charge in [-0.05, 0) is 44.7 Å². The molecule has 0 radical (unpaired) electrons. The quantitative estimate of drug-likeness (QED) is 0.831. The summed E-state index contributed by atoms with van der Waals surface area (Å²) < 4.78 is 38.0. The first-order chi connectivity index (χ1) is 8.88. The number of hydrogen-bond acceptors (Lipinski definition) is 2. The van der Waals surface area contributed by atoms with Crippen LogP contribution in [0.3, 0.4) is 0 Å². The summed E-state index contributed by atoms with van der Waals surface area (Å²) in [5.41, 5.74) is 0. The maximum Gasteiger partial charge on any atom is 0.391 e. The van der Waals surface area contributed by atoms with Gasteiger partial charge in [0, 0.05) is 18.6 Å². The van der Waals surface area contributed by atoms with E-state index in [2.05, 4.69) is 24.1 Å². The zero-order valence-electron chi connectivity index (χ0n) is 11.8. The van der Waals surface area contributed by atoms with Crippen molar-refractivity contribution < 1.29 is 13.2 Å². The van der Waals surface area contributed by atoms with Crippen LogP contribution in [0.1, 0.15) is 39.5 Å². The van der Waals surface area contributed by atoms with E-state index in [9.17, 15) is 13.2 Å². The fourth-order valence-electron chi connectivity index (χ4n) is 2.92. The van der Waals surface area contributed by atoms with Crippen LogP contribution in [-0.4, -0.2) is 42.8 Å². The topological polar surface area (TPSA) is 15.3 Å². The van der Waals surface area contributed by atoms with E-state index in [0.29, 0.717) is 31.1 Å². The average molecular weight is 278 g/mol. The molecule has 1 heterocycles. The molecule has 2 fully saturated rings. The van der Waals surface area contributed by atoms with Crippen molar-refractivity contribution in [1.29, 1.82) is 0 Å². The normalized spacial score (nSPS) is 24.9. The van der Waals surface area contributed by atoms with E-state index in [1.807, 2.05) is 0 Å². The number of nitrogens with one attached hydrogen (secondary N) is 1. The summed E-state index contributed by atoms with van der Waals surface area (Å²) in [6.45, 7) is 6.40. The lowest BCUT2D eigenvalue weighted by molar-refractivity contribution is -0.186. The van der Waals surface area contributed by atoms with Gasteiger partial charge in [-0.1, -0.05) is 13.8 Å². The summed E-state index contributed by atoms with van der Waals surface area (Å²) in [7, 11) is 0. The number of alkyl halides is 3.